The van der Waals surface area contributed by atoms with Gasteiger partial charge in [-0.15, -0.1) is 0 Å². The highest BCUT2D eigenvalue weighted by molar-refractivity contribution is 5.92. The molecule has 0 heterocycles. The number of anilines is 1. The molecule has 106 valence electrons. The Balaban J connectivity index is 2.68. The summed E-state index contributed by atoms with van der Waals surface area (Å²) in [6, 6.07) is 6.31. The second-order valence-corrected chi connectivity index (χ2v) is 5.61. The lowest BCUT2D eigenvalue weighted by Crippen LogP contribution is -2.17. The number of benzene rings is 1. The maximum atomic E-state index is 12.0. The molecule has 0 fully saturated rings. The Morgan fingerprint density at radius 1 is 1.32 bits per heavy atom. The zero-order chi connectivity index (χ0) is 14.4. The summed E-state index contributed by atoms with van der Waals surface area (Å²) in [7, 11) is 0. The molecule has 0 spiro atoms. The van der Waals surface area contributed by atoms with Crippen molar-refractivity contribution in [1.29, 1.82) is 0 Å². The van der Waals surface area contributed by atoms with Crippen molar-refractivity contribution in [3.05, 3.63) is 29.3 Å². The summed E-state index contributed by atoms with van der Waals surface area (Å²) < 4.78 is 0. The molecule has 0 aromatic heterocycles. The van der Waals surface area contributed by atoms with Crippen LogP contribution < -0.4 is 11.1 Å². The average Bonchev–Trinajstić information content (AvgIpc) is 2.30. The van der Waals surface area contributed by atoms with Crippen LogP contribution in [0.15, 0.2) is 18.2 Å². The molecule has 19 heavy (non-hydrogen) atoms. The Bertz CT molecular complexity index is 425. The van der Waals surface area contributed by atoms with Gasteiger partial charge in [0, 0.05) is 18.2 Å². The van der Waals surface area contributed by atoms with E-state index in [9.17, 15) is 4.79 Å². The molecule has 0 aliphatic heterocycles. The second kappa shape index (κ2) is 7.29. The first kappa shape index (κ1) is 15.7. The number of rotatable bonds is 6. The van der Waals surface area contributed by atoms with Crippen molar-refractivity contribution in [3.63, 3.8) is 0 Å². The average molecular weight is 262 g/mol. The Morgan fingerprint density at radius 2 is 2.00 bits per heavy atom. The van der Waals surface area contributed by atoms with Crippen molar-refractivity contribution in [2.24, 2.45) is 5.73 Å². The minimum absolute atomic E-state index is 0.0804. The molecule has 0 saturated heterocycles. The van der Waals surface area contributed by atoms with Gasteiger partial charge in [-0.1, -0.05) is 32.0 Å². The predicted molar refractivity (Wildman–Crippen MR) is 81.4 cm³/mol. The van der Waals surface area contributed by atoms with Gasteiger partial charge in [0.15, 0.2) is 0 Å². The summed E-state index contributed by atoms with van der Waals surface area (Å²) in [6.07, 6.45) is 2.26. The highest BCUT2D eigenvalue weighted by atomic mass is 16.1. The molecular weight excluding hydrogens is 236 g/mol. The summed E-state index contributed by atoms with van der Waals surface area (Å²) in [4.78, 5) is 12.0. The van der Waals surface area contributed by atoms with Crippen molar-refractivity contribution in [2.75, 3.05) is 5.32 Å². The van der Waals surface area contributed by atoms with Crippen LogP contribution in [-0.4, -0.2) is 11.9 Å². The molecule has 3 N–H and O–H groups in total. The lowest BCUT2D eigenvalue weighted by atomic mass is 9.98. The lowest BCUT2D eigenvalue weighted by molar-refractivity contribution is -0.116. The Labute approximate surface area is 116 Å². The molecule has 3 heteroatoms. The van der Waals surface area contributed by atoms with E-state index >= 15 is 0 Å². The summed E-state index contributed by atoms with van der Waals surface area (Å²) in [5.74, 6) is 0.483. The minimum atomic E-state index is 0.0804. The molecule has 0 bridgehead atoms. The second-order valence-electron chi connectivity index (χ2n) is 5.61. The quantitative estimate of drug-likeness (QED) is 0.823. The van der Waals surface area contributed by atoms with Crippen LogP contribution >= 0.6 is 0 Å². The first-order valence-corrected chi connectivity index (χ1v) is 7.06. The normalized spacial score (nSPS) is 12.5. The molecule has 1 aromatic rings. The minimum Gasteiger partial charge on any atom is -0.328 e. The first-order chi connectivity index (χ1) is 8.91. The number of nitrogens with two attached hydrogens (primary N) is 1. The highest BCUT2D eigenvalue weighted by Gasteiger charge is 2.11. The summed E-state index contributed by atoms with van der Waals surface area (Å²) in [6.45, 7) is 8.28. The molecule has 1 atom stereocenters. The van der Waals surface area contributed by atoms with Crippen LogP contribution in [0.4, 0.5) is 5.69 Å². The van der Waals surface area contributed by atoms with Crippen LogP contribution in [0.25, 0.3) is 0 Å². The topological polar surface area (TPSA) is 55.1 Å². The third-order valence-electron chi connectivity index (χ3n) is 3.25. The van der Waals surface area contributed by atoms with E-state index in [1.165, 1.54) is 5.56 Å². The van der Waals surface area contributed by atoms with Crippen LogP contribution in [0.3, 0.4) is 0 Å². The van der Waals surface area contributed by atoms with Crippen LogP contribution in [0.5, 0.6) is 0 Å². The van der Waals surface area contributed by atoms with E-state index in [1.54, 1.807) is 0 Å². The largest absolute Gasteiger partial charge is 0.328 e. The summed E-state index contributed by atoms with van der Waals surface area (Å²) >= 11 is 0. The van der Waals surface area contributed by atoms with Gasteiger partial charge in [-0.05, 0) is 43.7 Å². The number of nitrogens with one attached hydrogen (secondary N) is 1. The number of amides is 1. The van der Waals surface area contributed by atoms with Crippen LogP contribution in [-0.2, 0) is 4.79 Å². The number of hydrogen-bond acceptors (Lipinski definition) is 2. The van der Waals surface area contributed by atoms with Crippen molar-refractivity contribution >= 4 is 11.6 Å². The standard InChI is InChI=1S/C16H26N2O/c1-11(2)14-9-5-7-12(3)16(14)18-15(19)10-6-8-13(4)17/h5,7,9,11,13H,6,8,10,17H2,1-4H3,(H,18,19). The van der Waals surface area contributed by atoms with Crippen LogP contribution in [0.1, 0.15) is 57.1 Å². The van der Waals surface area contributed by atoms with E-state index in [2.05, 4.69) is 25.2 Å². The Kier molecular flexibility index (Phi) is 6.03. The molecule has 0 aliphatic rings. The highest BCUT2D eigenvalue weighted by Crippen LogP contribution is 2.27. The molecule has 0 saturated carbocycles. The fourth-order valence-electron chi connectivity index (χ4n) is 2.13. The number of aryl methyl sites for hydroxylation is 1. The third kappa shape index (κ3) is 5.03. The van der Waals surface area contributed by atoms with Gasteiger partial charge < -0.3 is 11.1 Å². The zero-order valence-corrected chi connectivity index (χ0v) is 12.5. The number of carbonyl (C=O) groups excluding carboxylic acids is 1. The van der Waals surface area contributed by atoms with E-state index < -0.39 is 0 Å². The monoisotopic (exact) mass is 262 g/mol. The SMILES string of the molecule is Cc1cccc(C(C)C)c1NC(=O)CCCC(C)N. The molecule has 1 amide bonds. The Hall–Kier alpha value is -1.35. The van der Waals surface area contributed by atoms with Gasteiger partial charge in [0.1, 0.15) is 0 Å². The zero-order valence-electron chi connectivity index (χ0n) is 12.5. The van der Waals surface area contributed by atoms with E-state index in [-0.39, 0.29) is 11.9 Å². The van der Waals surface area contributed by atoms with Gasteiger partial charge in [-0.25, -0.2) is 0 Å². The van der Waals surface area contributed by atoms with Crippen LogP contribution in [0, 0.1) is 6.92 Å². The molecule has 3 nitrogen and oxygen atoms in total. The van der Waals surface area contributed by atoms with Gasteiger partial charge in [-0.2, -0.15) is 0 Å². The number of hydrogen-bond donors (Lipinski definition) is 2. The fourth-order valence-corrected chi connectivity index (χ4v) is 2.13. The van der Waals surface area contributed by atoms with Gasteiger partial charge in [0.05, 0.1) is 0 Å². The predicted octanol–water partition coefficient (Wildman–Crippen LogP) is 3.57. The Morgan fingerprint density at radius 3 is 2.58 bits per heavy atom. The molecule has 1 unspecified atom stereocenters. The molecule has 0 radical (unpaired) electrons. The van der Waals surface area contributed by atoms with Gasteiger partial charge in [0.25, 0.3) is 0 Å². The van der Waals surface area contributed by atoms with Gasteiger partial charge >= 0.3 is 0 Å². The van der Waals surface area contributed by atoms with Crippen molar-refractivity contribution in [1.82, 2.24) is 0 Å². The smallest absolute Gasteiger partial charge is 0.224 e. The maximum Gasteiger partial charge on any atom is 0.224 e. The van der Waals surface area contributed by atoms with Crippen molar-refractivity contribution in [3.8, 4) is 0 Å². The van der Waals surface area contributed by atoms with Gasteiger partial charge in [0.2, 0.25) is 5.91 Å². The number of carbonyl (C=O) groups is 1. The van der Waals surface area contributed by atoms with E-state index in [4.69, 9.17) is 5.73 Å². The van der Waals surface area contributed by atoms with E-state index in [0.717, 1.165) is 24.1 Å². The van der Waals surface area contributed by atoms with E-state index in [1.807, 2.05) is 26.0 Å². The van der Waals surface area contributed by atoms with Crippen molar-refractivity contribution < 1.29 is 4.79 Å². The maximum absolute atomic E-state index is 12.0. The fraction of sp³-hybridized carbons (Fsp3) is 0.562. The first-order valence-electron chi connectivity index (χ1n) is 7.06. The van der Waals surface area contributed by atoms with Crippen LogP contribution in [0.2, 0.25) is 0 Å². The lowest BCUT2D eigenvalue weighted by Gasteiger charge is -2.16. The third-order valence-corrected chi connectivity index (χ3v) is 3.25. The van der Waals surface area contributed by atoms with Crippen molar-refractivity contribution in [2.45, 2.75) is 58.9 Å². The summed E-state index contributed by atoms with van der Waals surface area (Å²) in [5.41, 5.74) is 8.98. The molecule has 0 aliphatic carbocycles. The van der Waals surface area contributed by atoms with E-state index in [0.29, 0.717) is 12.3 Å². The van der Waals surface area contributed by atoms with Gasteiger partial charge in [-0.3, -0.25) is 4.79 Å². The molecule has 1 aromatic carbocycles. The summed E-state index contributed by atoms with van der Waals surface area (Å²) in [5, 5.41) is 3.05. The molecular formula is C16H26N2O. The molecule has 1 rings (SSSR count). The number of para-hydroxylation sites is 1.